The van der Waals surface area contributed by atoms with Gasteiger partial charge in [0.05, 0.1) is 12.7 Å². The summed E-state index contributed by atoms with van der Waals surface area (Å²) >= 11 is 0. The van der Waals surface area contributed by atoms with Gasteiger partial charge in [0, 0.05) is 7.11 Å². The maximum absolute atomic E-state index is 13.1. The molecule has 0 heterocycles. The molecule has 3 unspecified atom stereocenters. The normalized spacial score (nSPS) is 29.3. The highest BCUT2D eigenvalue weighted by molar-refractivity contribution is 4.98. The van der Waals surface area contributed by atoms with Gasteiger partial charge in [-0.3, -0.25) is 0 Å². The minimum absolute atomic E-state index is 0.0478. The maximum atomic E-state index is 13.1. The highest BCUT2D eigenvalue weighted by Crippen LogP contribution is 2.49. The predicted octanol–water partition coefficient (Wildman–Crippen LogP) is 3.68. The summed E-state index contributed by atoms with van der Waals surface area (Å²) in [6, 6.07) is 0. The second kappa shape index (κ2) is 6.16. The van der Waals surface area contributed by atoms with Gasteiger partial charge in [0.2, 0.25) is 0 Å². The molecule has 2 bridgehead atoms. The Balaban J connectivity index is 2.12. The molecule has 2 rings (SSSR count). The second-order valence-corrected chi connectivity index (χ2v) is 5.90. The van der Waals surface area contributed by atoms with Crippen LogP contribution >= 0.6 is 0 Å². The predicted molar refractivity (Wildman–Crippen MR) is 63.0 cm³/mol. The van der Waals surface area contributed by atoms with E-state index in [0.717, 1.165) is 26.4 Å². The Labute approximate surface area is 123 Å². The van der Waals surface area contributed by atoms with Crippen molar-refractivity contribution in [2.45, 2.75) is 49.7 Å². The van der Waals surface area contributed by atoms with E-state index in [4.69, 9.17) is 4.74 Å². The molecule has 0 radical (unpaired) electrons. The fourth-order valence-electron chi connectivity index (χ4n) is 3.30. The molecule has 0 aromatic carbocycles. The molecule has 0 amide bonds. The average Bonchev–Trinajstić information content (AvgIpc) is 2.98. The van der Waals surface area contributed by atoms with Gasteiger partial charge in [0.1, 0.15) is 6.79 Å². The fraction of sp³-hybridized carbons (Fsp3) is 1.00. The van der Waals surface area contributed by atoms with Crippen molar-refractivity contribution in [2.24, 2.45) is 11.8 Å². The molecule has 130 valence electrons. The molecule has 3 nitrogen and oxygen atoms in total. The molecule has 3 atom stereocenters. The minimum atomic E-state index is -5.65. The van der Waals surface area contributed by atoms with Crippen molar-refractivity contribution in [3.8, 4) is 0 Å². The third-order valence-corrected chi connectivity index (χ3v) is 4.51. The Morgan fingerprint density at radius 1 is 0.955 bits per heavy atom. The van der Waals surface area contributed by atoms with Crippen LogP contribution in [0.3, 0.4) is 0 Å². The van der Waals surface area contributed by atoms with Crippen LogP contribution in [0.15, 0.2) is 0 Å². The summed E-state index contributed by atoms with van der Waals surface area (Å²) in [6.45, 7) is -2.73. The largest absolute Gasteiger partial charge is 0.428 e. The number of halogens is 6. The number of hydrogen-bond acceptors (Lipinski definition) is 3. The lowest BCUT2D eigenvalue weighted by Crippen LogP contribution is -2.62. The average molecular weight is 336 g/mol. The van der Waals surface area contributed by atoms with Crippen LogP contribution in [0.25, 0.3) is 0 Å². The summed E-state index contributed by atoms with van der Waals surface area (Å²) in [6.07, 6.45) is -8.78. The summed E-state index contributed by atoms with van der Waals surface area (Å²) in [5, 5.41) is 0. The van der Waals surface area contributed by atoms with Gasteiger partial charge >= 0.3 is 12.4 Å². The Morgan fingerprint density at radius 2 is 1.59 bits per heavy atom. The van der Waals surface area contributed by atoms with Crippen LogP contribution in [0.5, 0.6) is 0 Å². The molecule has 2 fully saturated rings. The lowest BCUT2D eigenvalue weighted by molar-refractivity contribution is -0.403. The Bertz CT molecular complexity index is 367. The molecule has 22 heavy (non-hydrogen) atoms. The maximum Gasteiger partial charge on any atom is 0.428 e. The number of methoxy groups -OCH3 is 1. The third-order valence-electron chi connectivity index (χ3n) is 4.51. The SMILES string of the molecule is COCOC(COC1CC2CCC1C2)(C(F)(F)F)C(F)(F)F. The zero-order chi connectivity index (χ0) is 16.6. The van der Waals surface area contributed by atoms with Crippen LogP contribution in [0.1, 0.15) is 25.7 Å². The van der Waals surface area contributed by atoms with E-state index in [9.17, 15) is 26.3 Å². The molecular weight excluding hydrogens is 318 g/mol. The molecular formula is C13H18F6O3. The van der Waals surface area contributed by atoms with Crippen LogP contribution < -0.4 is 0 Å². The van der Waals surface area contributed by atoms with E-state index in [0.29, 0.717) is 12.3 Å². The van der Waals surface area contributed by atoms with Gasteiger partial charge in [-0.05, 0) is 37.5 Å². The first kappa shape index (κ1) is 17.8. The molecule has 0 saturated heterocycles. The van der Waals surface area contributed by atoms with Crippen molar-refractivity contribution in [2.75, 3.05) is 20.5 Å². The van der Waals surface area contributed by atoms with Gasteiger partial charge in [0.25, 0.3) is 5.60 Å². The smallest absolute Gasteiger partial charge is 0.374 e. The van der Waals surface area contributed by atoms with Crippen LogP contribution in [0, 0.1) is 11.8 Å². The number of hydrogen-bond donors (Lipinski definition) is 0. The van der Waals surface area contributed by atoms with E-state index >= 15 is 0 Å². The highest BCUT2D eigenvalue weighted by Gasteiger charge is 2.73. The topological polar surface area (TPSA) is 27.7 Å². The van der Waals surface area contributed by atoms with Crippen molar-refractivity contribution in [1.29, 1.82) is 0 Å². The summed E-state index contributed by atoms with van der Waals surface area (Å²) < 4.78 is 91.8. The Kier molecular flexibility index (Phi) is 4.99. The van der Waals surface area contributed by atoms with Gasteiger partial charge in [0.15, 0.2) is 0 Å². The molecule has 0 aromatic rings. The fourth-order valence-corrected chi connectivity index (χ4v) is 3.30. The molecule has 0 N–H and O–H groups in total. The van der Waals surface area contributed by atoms with Gasteiger partial charge in [-0.1, -0.05) is 0 Å². The molecule has 2 saturated carbocycles. The van der Waals surface area contributed by atoms with Crippen molar-refractivity contribution in [3.05, 3.63) is 0 Å². The second-order valence-electron chi connectivity index (χ2n) is 5.90. The van der Waals surface area contributed by atoms with E-state index in [1.807, 2.05) is 0 Å². The Morgan fingerprint density at radius 3 is 2.00 bits per heavy atom. The number of ether oxygens (including phenoxy) is 3. The standard InChI is InChI=1S/C13H18F6O3/c1-20-7-22-11(12(14,15)16,13(17,18)19)6-21-10-5-8-2-3-9(10)4-8/h8-10H,2-7H2,1H3. The zero-order valence-electron chi connectivity index (χ0n) is 12.0. The van der Waals surface area contributed by atoms with E-state index < -0.39 is 37.5 Å². The monoisotopic (exact) mass is 336 g/mol. The van der Waals surface area contributed by atoms with Crippen LogP contribution in [-0.2, 0) is 14.2 Å². The highest BCUT2D eigenvalue weighted by atomic mass is 19.4. The number of alkyl halides is 6. The quantitative estimate of drug-likeness (QED) is 0.547. The van der Waals surface area contributed by atoms with E-state index in [1.165, 1.54) is 0 Å². The van der Waals surface area contributed by atoms with E-state index in [1.54, 1.807) is 0 Å². The van der Waals surface area contributed by atoms with Crippen LogP contribution in [-0.4, -0.2) is 44.6 Å². The zero-order valence-corrected chi connectivity index (χ0v) is 12.0. The summed E-state index contributed by atoms with van der Waals surface area (Å²) in [4.78, 5) is 0. The first-order chi connectivity index (χ1) is 10.1. The first-order valence-electron chi connectivity index (χ1n) is 6.98. The van der Waals surface area contributed by atoms with Gasteiger partial charge in [-0.15, -0.1) is 0 Å². The third kappa shape index (κ3) is 3.21. The molecule has 0 aliphatic heterocycles. The molecule has 9 heteroatoms. The minimum Gasteiger partial charge on any atom is -0.374 e. The van der Waals surface area contributed by atoms with Gasteiger partial charge < -0.3 is 14.2 Å². The Hall–Kier alpha value is -0.540. The van der Waals surface area contributed by atoms with Gasteiger partial charge in [-0.25, -0.2) is 0 Å². The van der Waals surface area contributed by atoms with Crippen LogP contribution in [0.4, 0.5) is 26.3 Å². The lowest BCUT2D eigenvalue weighted by Gasteiger charge is -2.37. The van der Waals surface area contributed by atoms with Crippen molar-refractivity contribution >= 4 is 0 Å². The molecule has 2 aliphatic carbocycles. The first-order valence-corrected chi connectivity index (χ1v) is 6.98. The lowest BCUT2D eigenvalue weighted by atomic mass is 9.97. The van der Waals surface area contributed by atoms with Crippen LogP contribution in [0.2, 0.25) is 0 Å². The van der Waals surface area contributed by atoms with E-state index in [2.05, 4.69) is 9.47 Å². The summed E-state index contributed by atoms with van der Waals surface area (Å²) in [5.41, 5.74) is -4.36. The van der Waals surface area contributed by atoms with Crippen molar-refractivity contribution < 1.29 is 40.6 Å². The van der Waals surface area contributed by atoms with Crippen molar-refractivity contribution in [3.63, 3.8) is 0 Å². The molecule has 0 aromatic heterocycles. The number of fused-ring (bicyclic) bond motifs is 2. The van der Waals surface area contributed by atoms with Crippen molar-refractivity contribution in [1.82, 2.24) is 0 Å². The van der Waals surface area contributed by atoms with Gasteiger partial charge in [-0.2, -0.15) is 26.3 Å². The summed E-state index contributed by atoms with van der Waals surface area (Å²) in [5.74, 6) is 0.396. The van der Waals surface area contributed by atoms with E-state index in [-0.39, 0.29) is 5.92 Å². The number of rotatable bonds is 6. The molecule has 0 spiro atoms. The molecule has 2 aliphatic rings. The summed E-state index contributed by atoms with van der Waals surface area (Å²) in [7, 11) is 0.953.